The second-order valence-electron chi connectivity index (χ2n) is 9.65. The number of hydrogen-bond donors (Lipinski definition) is 0. The number of carboxylic acid groups (broad SMARTS) is 1. The molecule has 0 amide bonds. The number of aliphatic carboxylic acids is 1. The van der Waals surface area contributed by atoms with E-state index in [-0.39, 0.29) is 24.1 Å². The Kier molecular flexibility index (Phi) is 8.63. The second-order valence-corrected chi connectivity index (χ2v) is 9.65. The first-order chi connectivity index (χ1) is 16.8. The fourth-order valence-corrected chi connectivity index (χ4v) is 4.66. The lowest BCUT2D eigenvalue weighted by molar-refractivity contribution is -0.307. The predicted molar refractivity (Wildman–Crippen MR) is 117 cm³/mol. The fraction of sp³-hybridized carbons (Fsp3) is 0.560. The summed E-state index contributed by atoms with van der Waals surface area (Å²) in [7, 11) is 0. The van der Waals surface area contributed by atoms with Crippen LogP contribution in [-0.2, 0) is 17.1 Å². The summed E-state index contributed by atoms with van der Waals surface area (Å²) in [6.07, 6.45) is -5.73. The molecule has 0 radical (unpaired) electrons. The van der Waals surface area contributed by atoms with Gasteiger partial charge in [-0.1, -0.05) is 26.0 Å². The van der Waals surface area contributed by atoms with Crippen molar-refractivity contribution in [3.8, 4) is 0 Å². The van der Waals surface area contributed by atoms with E-state index in [0.717, 1.165) is 24.5 Å². The van der Waals surface area contributed by atoms with Gasteiger partial charge in [-0.05, 0) is 68.2 Å². The minimum atomic E-state index is -4.59. The highest BCUT2D eigenvalue weighted by atomic mass is 19.4. The van der Waals surface area contributed by atoms with Crippen molar-refractivity contribution in [2.24, 2.45) is 11.8 Å². The Morgan fingerprint density at radius 2 is 1.58 bits per heavy atom. The molecule has 36 heavy (non-hydrogen) atoms. The minimum absolute atomic E-state index is 0.182. The van der Waals surface area contributed by atoms with E-state index >= 15 is 0 Å². The van der Waals surface area contributed by atoms with Gasteiger partial charge < -0.3 is 9.90 Å². The molecule has 1 aromatic carbocycles. The van der Waals surface area contributed by atoms with Crippen molar-refractivity contribution < 1.29 is 36.2 Å². The number of carboxylic acids is 1. The monoisotopic (exact) mass is 516 g/mol. The van der Waals surface area contributed by atoms with Gasteiger partial charge in [0.15, 0.2) is 0 Å². The summed E-state index contributed by atoms with van der Waals surface area (Å²) in [6, 6.07) is 3.74. The molecule has 5 nitrogen and oxygen atoms in total. The fourth-order valence-electron chi connectivity index (χ4n) is 4.66. The molecule has 0 bridgehead atoms. The third-order valence-corrected chi connectivity index (χ3v) is 6.55. The van der Waals surface area contributed by atoms with Crippen LogP contribution in [0.25, 0.3) is 0 Å². The van der Waals surface area contributed by atoms with Crippen molar-refractivity contribution >= 4 is 5.97 Å². The number of alkyl halides is 6. The molecule has 0 saturated carbocycles. The molecular weight excluding hydrogens is 488 g/mol. The first-order valence-corrected chi connectivity index (χ1v) is 11.8. The van der Waals surface area contributed by atoms with E-state index in [1.807, 2.05) is 18.7 Å². The topological polar surface area (TPSA) is 69.2 Å². The number of rotatable bonds is 8. The Hall–Kier alpha value is -2.69. The molecule has 0 N–H and O–H groups in total. The van der Waals surface area contributed by atoms with Crippen molar-refractivity contribution in [1.82, 2.24) is 14.9 Å². The van der Waals surface area contributed by atoms with E-state index in [9.17, 15) is 36.2 Å². The molecule has 1 aliphatic rings. The van der Waals surface area contributed by atoms with Crippen molar-refractivity contribution in [3.05, 3.63) is 59.2 Å². The maximum atomic E-state index is 13.1. The molecule has 11 heteroatoms. The summed E-state index contributed by atoms with van der Waals surface area (Å²) in [5, 5.41) is 11.2. The van der Waals surface area contributed by atoms with Crippen molar-refractivity contribution in [2.45, 2.75) is 70.4 Å². The van der Waals surface area contributed by atoms with Crippen LogP contribution in [0.5, 0.6) is 0 Å². The molecule has 0 aliphatic carbocycles. The summed E-state index contributed by atoms with van der Waals surface area (Å²) in [5.74, 6) is -0.985. The normalized spacial score (nSPS) is 20.5. The van der Waals surface area contributed by atoms with E-state index in [1.54, 1.807) is 0 Å². The van der Waals surface area contributed by atoms with Crippen LogP contribution >= 0.6 is 0 Å². The van der Waals surface area contributed by atoms with Crippen molar-refractivity contribution in [2.75, 3.05) is 6.54 Å². The predicted octanol–water partition coefficient (Wildman–Crippen LogP) is 5.58. The van der Waals surface area contributed by atoms with Crippen molar-refractivity contribution in [3.63, 3.8) is 0 Å². The van der Waals surface area contributed by atoms with Gasteiger partial charge in [-0.25, -0.2) is 9.97 Å². The number of nitrogens with zero attached hydrogens (tertiary/aromatic N) is 3. The van der Waals surface area contributed by atoms with Crippen LogP contribution in [0.3, 0.4) is 0 Å². The number of benzene rings is 1. The average molecular weight is 517 g/mol. The largest absolute Gasteiger partial charge is 0.550 e. The van der Waals surface area contributed by atoms with Gasteiger partial charge in [-0.2, -0.15) is 26.3 Å². The van der Waals surface area contributed by atoms with Gasteiger partial charge in [0.25, 0.3) is 0 Å². The minimum Gasteiger partial charge on any atom is -0.550 e. The number of carbonyl (C=O) groups excluding carboxylic acids is 1. The van der Waals surface area contributed by atoms with Crippen LogP contribution in [0.4, 0.5) is 26.3 Å². The Bertz CT molecular complexity index is 1010. The maximum absolute atomic E-state index is 13.1. The average Bonchev–Trinajstić information content (AvgIpc) is 2.78. The molecule has 0 spiro atoms. The van der Waals surface area contributed by atoms with Crippen LogP contribution in [0.2, 0.25) is 0 Å². The standard InChI is InChI=1S/C25H29F6N3O2/c1-15(2)3-8-20(23-32-13-19(14-33-23)25(29,30)31)34-10-9-16(12-22(35)36)11-21(34)17-4-6-18(7-5-17)24(26,27)28/h4-7,13-16,20-21H,3,8-12H2,1-2H3,(H,35,36)/p-1/t16-,20-,21+/m1/s1. The molecule has 1 aromatic heterocycles. The molecule has 0 unspecified atom stereocenters. The summed E-state index contributed by atoms with van der Waals surface area (Å²) in [5.41, 5.74) is -1.21. The molecule has 3 rings (SSSR count). The highest BCUT2D eigenvalue weighted by Crippen LogP contribution is 2.43. The van der Waals surface area contributed by atoms with E-state index in [1.165, 1.54) is 12.1 Å². The molecule has 2 aromatic rings. The number of likely N-dealkylation sites (tertiary alicyclic amines) is 1. The number of carbonyl (C=O) groups is 1. The summed E-state index contributed by atoms with van der Waals surface area (Å²) >= 11 is 0. The summed E-state index contributed by atoms with van der Waals surface area (Å²) < 4.78 is 78.5. The van der Waals surface area contributed by atoms with E-state index in [4.69, 9.17) is 0 Å². The molecule has 1 aliphatic heterocycles. The van der Waals surface area contributed by atoms with E-state index in [2.05, 4.69) is 9.97 Å². The smallest absolute Gasteiger partial charge is 0.419 e. The van der Waals surface area contributed by atoms with Gasteiger partial charge in [-0.15, -0.1) is 0 Å². The zero-order valence-electron chi connectivity index (χ0n) is 19.9. The molecular formula is C25H28F6N3O2-. The number of hydrogen-bond acceptors (Lipinski definition) is 5. The Balaban J connectivity index is 1.99. The highest BCUT2D eigenvalue weighted by Gasteiger charge is 2.38. The zero-order chi connectivity index (χ0) is 26.7. The summed E-state index contributed by atoms with van der Waals surface area (Å²) in [4.78, 5) is 21.2. The quantitative estimate of drug-likeness (QED) is 0.428. The highest BCUT2D eigenvalue weighted by molar-refractivity contribution is 5.64. The second kappa shape index (κ2) is 11.1. The third kappa shape index (κ3) is 7.18. The van der Waals surface area contributed by atoms with E-state index < -0.39 is 41.5 Å². The van der Waals surface area contributed by atoms with Crippen LogP contribution in [0.15, 0.2) is 36.7 Å². The molecule has 3 atom stereocenters. The van der Waals surface area contributed by atoms with Gasteiger partial charge in [0.05, 0.1) is 17.2 Å². The Morgan fingerprint density at radius 1 is 1.00 bits per heavy atom. The lowest BCUT2D eigenvalue weighted by Gasteiger charge is -2.44. The van der Waals surface area contributed by atoms with Gasteiger partial charge in [0, 0.05) is 24.4 Å². The number of aromatic nitrogens is 2. The third-order valence-electron chi connectivity index (χ3n) is 6.55. The lowest BCUT2D eigenvalue weighted by atomic mass is 9.83. The van der Waals surface area contributed by atoms with Gasteiger partial charge in [0.2, 0.25) is 0 Å². The summed E-state index contributed by atoms with van der Waals surface area (Å²) in [6.45, 7) is 4.39. The van der Waals surface area contributed by atoms with Crippen LogP contribution in [0, 0.1) is 11.8 Å². The molecule has 1 fully saturated rings. The molecule has 1 saturated heterocycles. The molecule has 198 valence electrons. The van der Waals surface area contributed by atoms with Gasteiger partial charge in [-0.3, -0.25) is 4.90 Å². The number of halogens is 6. The maximum Gasteiger partial charge on any atom is 0.419 e. The van der Waals surface area contributed by atoms with Gasteiger partial charge in [0.1, 0.15) is 5.82 Å². The lowest BCUT2D eigenvalue weighted by Crippen LogP contribution is -2.41. The zero-order valence-corrected chi connectivity index (χ0v) is 19.9. The van der Waals surface area contributed by atoms with Crippen LogP contribution in [0.1, 0.15) is 80.6 Å². The van der Waals surface area contributed by atoms with Crippen LogP contribution in [-0.4, -0.2) is 27.4 Å². The first kappa shape index (κ1) is 27.9. The SMILES string of the molecule is CC(C)CC[C@H](c1ncc(C(F)(F)F)cn1)N1CC[C@@H](CC(=O)[O-])C[C@H]1c1ccc(C(F)(F)F)cc1. The first-order valence-electron chi connectivity index (χ1n) is 11.8. The Morgan fingerprint density at radius 3 is 2.08 bits per heavy atom. The number of piperidine rings is 1. The Labute approximate surface area is 205 Å². The molecule has 2 heterocycles. The van der Waals surface area contributed by atoms with E-state index in [0.29, 0.717) is 37.8 Å². The van der Waals surface area contributed by atoms with Gasteiger partial charge >= 0.3 is 12.4 Å². The van der Waals surface area contributed by atoms with Crippen molar-refractivity contribution in [1.29, 1.82) is 0 Å². The van der Waals surface area contributed by atoms with Crippen LogP contribution < -0.4 is 5.11 Å².